The molecule has 0 bridgehead atoms. The van der Waals surface area contributed by atoms with Crippen molar-refractivity contribution < 1.29 is 18.3 Å². The van der Waals surface area contributed by atoms with Crippen molar-refractivity contribution in [1.29, 1.82) is 0 Å². The minimum atomic E-state index is -0.902. The van der Waals surface area contributed by atoms with Crippen LogP contribution in [0.15, 0.2) is 18.2 Å². The molecule has 1 rings (SSSR count). The van der Waals surface area contributed by atoms with Crippen LogP contribution in [0.5, 0.6) is 0 Å². The molecule has 92 valence electrons. The molecule has 0 saturated carbocycles. The van der Waals surface area contributed by atoms with Gasteiger partial charge in [-0.05, 0) is 32.0 Å². The van der Waals surface area contributed by atoms with Gasteiger partial charge in [-0.15, -0.1) is 0 Å². The van der Waals surface area contributed by atoms with Crippen molar-refractivity contribution in [1.82, 2.24) is 0 Å². The van der Waals surface area contributed by atoms with Crippen molar-refractivity contribution in [2.24, 2.45) is 0 Å². The number of benzene rings is 1. The molecular weight excluding hydrogens is 226 g/mol. The van der Waals surface area contributed by atoms with Crippen LogP contribution in [0, 0.1) is 23.5 Å². The van der Waals surface area contributed by atoms with Crippen molar-refractivity contribution in [2.75, 3.05) is 13.2 Å². The Balaban J connectivity index is 2.46. The first kappa shape index (κ1) is 13.6. The normalized spacial score (nSPS) is 11.8. The Kier molecular flexibility index (Phi) is 5.61. The Bertz CT molecular complexity index is 421. The first-order valence-electron chi connectivity index (χ1n) is 5.30. The van der Waals surface area contributed by atoms with Crippen LogP contribution < -0.4 is 0 Å². The molecule has 0 aliphatic carbocycles. The van der Waals surface area contributed by atoms with Gasteiger partial charge in [0.15, 0.2) is 17.9 Å². The molecule has 1 unspecified atom stereocenters. The van der Waals surface area contributed by atoms with Gasteiger partial charge >= 0.3 is 0 Å². The van der Waals surface area contributed by atoms with Crippen LogP contribution in [-0.2, 0) is 9.47 Å². The van der Waals surface area contributed by atoms with E-state index in [4.69, 9.17) is 9.47 Å². The van der Waals surface area contributed by atoms with Crippen LogP contribution in [0.25, 0.3) is 0 Å². The van der Waals surface area contributed by atoms with E-state index in [0.29, 0.717) is 12.2 Å². The van der Waals surface area contributed by atoms with Gasteiger partial charge in [0.1, 0.15) is 6.61 Å². The zero-order valence-electron chi connectivity index (χ0n) is 9.80. The molecule has 0 fully saturated rings. The molecule has 4 heteroatoms. The smallest absolute Gasteiger partial charge is 0.160 e. The van der Waals surface area contributed by atoms with E-state index in [9.17, 15) is 8.78 Å². The van der Waals surface area contributed by atoms with Crippen LogP contribution in [0.1, 0.15) is 19.4 Å². The Hall–Kier alpha value is -1.44. The fraction of sp³-hybridized carbons (Fsp3) is 0.385. The molecule has 17 heavy (non-hydrogen) atoms. The van der Waals surface area contributed by atoms with Gasteiger partial charge in [-0.1, -0.05) is 11.8 Å². The first-order chi connectivity index (χ1) is 8.13. The predicted octanol–water partition coefficient (Wildman–Crippen LogP) is 2.72. The summed E-state index contributed by atoms with van der Waals surface area (Å²) in [5, 5.41) is 0. The highest BCUT2D eigenvalue weighted by atomic mass is 19.2. The van der Waals surface area contributed by atoms with Gasteiger partial charge in [0, 0.05) is 12.2 Å². The molecule has 0 heterocycles. The molecule has 0 amide bonds. The van der Waals surface area contributed by atoms with E-state index in [2.05, 4.69) is 11.8 Å². The quantitative estimate of drug-likeness (QED) is 0.595. The Morgan fingerprint density at radius 2 is 2.00 bits per heavy atom. The lowest BCUT2D eigenvalue weighted by Crippen LogP contribution is -2.12. The maximum atomic E-state index is 12.8. The summed E-state index contributed by atoms with van der Waals surface area (Å²) in [6.07, 6.45) is -0.320. The summed E-state index contributed by atoms with van der Waals surface area (Å²) in [6.45, 7) is 4.38. The average Bonchev–Trinajstić information content (AvgIpc) is 2.29. The van der Waals surface area contributed by atoms with E-state index in [1.807, 2.05) is 6.92 Å². The lowest BCUT2D eigenvalue weighted by Gasteiger charge is -2.09. The first-order valence-corrected chi connectivity index (χ1v) is 5.30. The molecule has 0 spiro atoms. The van der Waals surface area contributed by atoms with Crippen molar-refractivity contribution in [2.45, 2.75) is 20.1 Å². The third-order valence-electron chi connectivity index (χ3n) is 1.94. The number of ether oxygens (including phenoxy) is 2. The van der Waals surface area contributed by atoms with Crippen LogP contribution in [0.3, 0.4) is 0 Å². The van der Waals surface area contributed by atoms with E-state index >= 15 is 0 Å². The highest BCUT2D eigenvalue weighted by Gasteiger charge is 2.00. The molecular formula is C13H14F2O2. The maximum Gasteiger partial charge on any atom is 0.160 e. The monoisotopic (exact) mass is 240 g/mol. The second-order valence-corrected chi connectivity index (χ2v) is 3.26. The maximum absolute atomic E-state index is 12.8. The molecule has 0 saturated heterocycles. The average molecular weight is 240 g/mol. The molecule has 2 nitrogen and oxygen atoms in total. The minimum absolute atomic E-state index is 0.181. The van der Waals surface area contributed by atoms with Crippen LogP contribution in [0.4, 0.5) is 8.78 Å². The van der Waals surface area contributed by atoms with Crippen LogP contribution >= 0.6 is 0 Å². The van der Waals surface area contributed by atoms with E-state index in [1.165, 1.54) is 6.07 Å². The van der Waals surface area contributed by atoms with Gasteiger partial charge < -0.3 is 9.47 Å². The van der Waals surface area contributed by atoms with Crippen molar-refractivity contribution in [3.63, 3.8) is 0 Å². The fourth-order valence-corrected chi connectivity index (χ4v) is 1.15. The van der Waals surface area contributed by atoms with Crippen molar-refractivity contribution in [3.05, 3.63) is 35.4 Å². The van der Waals surface area contributed by atoms with Crippen LogP contribution in [0.2, 0.25) is 0 Å². The second kappa shape index (κ2) is 7.00. The zero-order chi connectivity index (χ0) is 12.7. The number of rotatable bonds is 4. The molecule has 0 aliphatic rings. The third kappa shape index (κ3) is 4.94. The zero-order valence-corrected chi connectivity index (χ0v) is 9.80. The lowest BCUT2D eigenvalue weighted by molar-refractivity contribution is -0.117. The molecule has 0 radical (unpaired) electrons. The second-order valence-electron chi connectivity index (χ2n) is 3.26. The van der Waals surface area contributed by atoms with Gasteiger partial charge in [-0.25, -0.2) is 8.78 Å². The highest BCUT2D eigenvalue weighted by molar-refractivity contribution is 5.34. The highest BCUT2D eigenvalue weighted by Crippen LogP contribution is 2.07. The van der Waals surface area contributed by atoms with Gasteiger partial charge in [0.05, 0.1) is 0 Å². The number of hydrogen-bond acceptors (Lipinski definition) is 2. The molecule has 0 aromatic heterocycles. The molecule has 1 atom stereocenters. The third-order valence-corrected chi connectivity index (χ3v) is 1.94. The van der Waals surface area contributed by atoms with Crippen LogP contribution in [-0.4, -0.2) is 19.5 Å². The minimum Gasteiger partial charge on any atom is -0.353 e. The Morgan fingerprint density at radius 3 is 2.65 bits per heavy atom. The summed E-state index contributed by atoms with van der Waals surface area (Å²) >= 11 is 0. The van der Waals surface area contributed by atoms with E-state index in [-0.39, 0.29) is 12.9 Å². The largest absolute Gasteiger partial charge is 0.353 e. The Morgan fingerprint density at radius 1 is 1.24 bits per heavy atom. The number of halogens is 2. The summed E-state index contributed by atoms with van der Waals surface area (Å²) in [5.74, 6) is 3.59. The van der Waals surface area contributed by atoms with E-state index in [0.717, 1.165) is 12.1 Å². The van der Waals surface area contributed by atoms with E-state index in [1.54, 1.807) is 6.92 Å². The van der Waals surface area contributed by atoms with E-state index < -0.39 is 11.6 Å². The predicted molar refractivity (Wildman–Crippen MR) is 60.3 cm³/mol. The molecule has 1 aromatic rings. The summed E-state index contributed by atoms with van der Waals surface area (Å²) in [4.78, 5) is 0. The summed E-state index contributed by atoms with van der Waals surface area (Å²) in [7, 11) is 0. The summed E-state index contributed by atoms with van der Waals surface area (Å²) < 4.78 is 35.8. The molecule has 0 aliphatic heterocycles. The van der Waals surface area contributed by atoms with Gasteiger partial charge in [-0.2, -0.15) is 0 Å². The summed E-state index contributed by atoms with van der Waals surface area (Å²) in [5.41, 5.74) is 0.413. The van der Waals surface area contributed by atoms with Gasteiger partial charge in [0.25, 0.3) is 0 Å². The Labute approximate surface area is 99.5 Å². The lowest BCUT2D eigenvalue weighted by atomic mass is 10.2. The standard InChI is InChI=1S/C13H14F2O2/c1-3-16-10(2)17-8-4-5-11-6-7-12(14)13(15)9-11/h6-7,9-10H,3,8H2,1-2H3. The fourth-order valence-electron chi connectivity index (χ4n) is 1.15. The SMILES string of the molecule is CCOC(C)OCC#Cc1ccc(F)c(F)c1. The topological polar surface area (TPSA) is 18.5 Å². The molecule has 0 N–H and O–H groups in total. The molecule has 1 aromatic carbocycles. The van der Waals surface area contributed by atoms with Crippen molar-refractivity contribution in [3.8, 4) is 11.8 Å². The summed E-state index contributed by atoms with van der Waals surface area (Å²) in [6, 6.07) is 3.51. The van der Waals surface area contributed by atoms with Crippen molar-refractivity contribution >= 4 is 0 Å². The number of hydrogen-bond donors (Lipinski definition) is 0. The van der Waals surface area contributed by atoms with Gasteiger partial charge in [0.2, 0.25) is 0 Å². The van der Waals surface area contributed by atoms with Gasteiger partial charge in [-0.3, -0.25) is 0 Å².